The number of fused-ring (bicyclic) bond motifs is 3. The highest BCUT2D eigenvalue weighted by Crippen LogP contribution is 2.38. The molecule has 0 aliphatic carbocycles. The number of carbonyl (C=O) groups excluding carboxylic acids is 1. The minimum Gasteiger partial charge on any atom is -0.444 e. The average Bonchev–Trinajstić information content (AvgIpc) is 3.69. The van der Waals surface area contributed by atoms with Gasteiger partial charge in [-0.15, -0.1) is 11.3 Å². The summed E-state index contributed by atoms with van der Waals surface area (Å²) >= 11 is 1.75. The monoisotopic (exact) mass is 592 g/mol. The molecule has 0 spiro atoms. The fourth-order valence-electron chi connectivity index (χ4n) is 6.64. The normalized spacial score (nSPS) is 21.8. The van der Waals surface area contributed by atoms with Crippen LogP contribution in [0.5, 0.6) is 0 Å². The van der Waals surface area contributed by atoms with E-state index in [-0.39, 0.29) is 18.0 Å². The zero-order chi connectivity index (χ0) is 29.0. The van der Waals surface area contributed by atoms with Gasteiger partial charge >= 0.3 is 6.09 Å². The van der Waals surface area contributed by atoms with E-state index >= 15 is 0 Å². The number of thiophene rings is 1. The molecule has 222 valence electrons. The van der Waals surface area contributed by atoms with Crippen LogP contribution in [-0.2, 0) is 16.0 Å². The molecule has 0 radical (unpaired) electrons. The highest BCUT2D eigenvalue weighted by molar-refractivity contribution is 7.19. The number of aromatic amines is 1. The molecular formula is C31H37FN6O3S. The number of benzene rings is 1. The highest BCUT2D eigenvalue weighted by Gasteiger charge is 2.42. The largest absolute Gasteiger partial charge is 0.444 e. The Morgan fingerprint density at radius 3 is 2.79 bits per heavy atom. The lowest BCUT2D eigenvalue weighted by molar-refractivity contribution is 0.0139. The molecule has 7 rings (SSSR count). The number of hydrogen-bond donors (Lipinski definition) is 1. The summed E-state index contributed by atoms with van der Waals surface area (Å²) in [6.07, 6.45) is 3.58. The number of nitrogens with one attached hydrogen (secondary N) is 1. The number of carbonyl (C=O) groups is 1. The minimum atomic E-state index is -0.484. The molecule has 0 bridgehead atoms. The van der Waals surface area contributed by atoms with E-state index in [4.69, 9.17) is 19.4 Å². The lowest BCUT2D eigenvalue weighted by Gasteiger charge is -2.38. The van der Waals surface area contributed by atoms with Crippen molar-refractivity contribution in [1.29, 1.82) is 0 Å². The van der Waals surface area contributed by atoms with Gasteiger partial charge in [-0.05, 0) is 63.8 Å². The molecule has 3 saturated heterocycles. The molecule has 42 heavy (non-hydrogen) atoms. The molecule has 0 saturated carbocycles. The number of nitrogens with zero attached hydrogens (tertiary/aromatic N) is 5. The van der Waals surface area contributed by atoms with E-state index in [0.717, 1.165) is 79.0 Å². The fraction of sp³-hybridized carbons (Fsp3) is 0.516. The van der Waals surface area contributed by atoms with Crippen molar-refractivity contribution in [2.75, 3.05) is 50.8 Å². The third-order valence-corrected chi connectivity index (χ3v) is 9.62. The van der Waals surface area contributed by atoms with E-state index < -0.39 is 5.60 Å². The molecule has 1 amide bonds. The predicted molar refractivity (Wildman–Crippen MR) is 162 cm³/mol. The Hall–Kier alpha value is -3.28. The van der Waals surface area contributed by atoms with Crippen LogP contribution in [0.25, 0.3) is 32.5 Å². The van der Waals surface area contributed by atoms with Crippen LogP contribution in [0.1, 0.15) is 38.5 Å². The summed E-state index contributed by atoms with van der Waals surface area (Å²) in [4.78, 5) is 33.9. The summed E-state index contributed by atoms with van der Waals surface area (Å²) in [7, 11) is 0. The number of aromatic nitrogens is 3. The summed E-state index contributed by atoms with van der Waals surface area (Å²) in [5.41, 5.74) is 1.82. The lowest BCUT2D eigenvalue weighted by atomic mass is 9.93. The number of amides is 1. The number of halogens is 1. The summed E-state index contributed by atoms with van der Waals surface area (Å²) < 4.78 is 27.0. The quantitative estimate of drug-likeness (QED) is 0.328. The van der Waals surface area contributed by atoms with Gasteiger partial charge in [0.15, 0.2) is 11.6 Å². The van der Waals surface area contributed by atoms with Gasteiger partial charge in [0.1, 0.15) is 11.4 Å². The predicted octanol–water partition coefficient (Wildman–Crippen LogP) is 5.65. The second-order valence-electron chi connectivity index (χ2n) is 12.6. The van der Waals surface area contributed by atoms with E-state index in [1.807, 2.05) is 37.9 Å². The Morgan fingerprint density at radius 1 is 1.14 bits per heavy atom. The van der Waals surface area contributed by atoms with Gasteiger partial charge in [0.05, 0.1) is 23.4 Å². The molecule has 4 aromatic rings. The van der Waals surface area contributed by atoms with E-state index in [1.165, 1.54) is 17.0 Å². The van der Waals surface area contributed by atoms with Gasteiger partial charge in [-0.25, -0.2) is 19.2 Å². The molecular weight excluding hydrogens is 555 g/mol. The summed E-state index contributed by atoms with van der Waals surface area (Å²) in [6.45, 7) is 12.0. The smallest absolute Gasteiger partial charge is 0.410 e. The molecule has 1 aromatic carbocycles. The lowest BCUT2D eigenvalue weighted by Crippen LogP contribution is -2.48. The summed E-state index contributed by atoms with van der Waals surface area (Å²) in [6, 6.07) is 7.40. The molecule has 6 heterocycles. The first-order chi connectivity index (χ1) is 20.2. The van der Waals surface area contributed by atoms with Crippen molar-refractivity contribution in [2.24, 2.45) is 5.92 Å². The summed E-state index contributed by atoms with van der Waals surface area (Å²) in [5.74, 6) is 1.56. The topological polar surface area (TPSA) is 86.8 Å². The maximum Gasteiger partial charge on any atom is 0.410 e. The van der Waals surface area contributed by atoms with Crippen LogP contribution < -0.4 is 4.90 Å². The molecule has 3 aromatic heterocycles. The van der Waals surface area contributed by atoms with Gasteiger partial charge in [-0.2, -0.15) is 0 Å². The first kappa shape index (κ1) is 27.5. The van der Waals surface area contributed by atoms with Crippen molar-refractivity contribution >= 4 is 44.4 Å². The van der Waals surface area contributed by atoms with Crippen molar-refractivity contribution in [1.82, 2.24) is 24.8 Å². The second kappa shape index (κ2) is 10.8. The molecule has 11 heteroatoms. The SMILES string of the molecule is CC(C)(C)OC(=O)N1CC[C@@H]2CN(Cc3cc4nc(-c5cc(F)cc6[nH]ccc56)nc(N5CCOCC5)c4s3)CC[C@@H]21. The molecule has 3 fully saturated rings. The zero-order valence-corrected chi connectivity index (χ0v) is 25.2. The first-order valence-corrected chi connectivity index (χ1v) is 15.7. The van der Waals surface area contributed by atoms with Crippen molar-refractivity contribution in [3.05, 3.63) is 41.2 Å². The maximum absolute atomic E-state index is 14.6. The Balaban J connectivity index is 1.16. The number of ether oxygens (including phenoxy) is 2. The highest BCUT2D eigenvalue weighted by atomic mass is 32.1. The molecule has 2 atom stereocenters. The van der Waals surface area contributed by atoms with E-state index in [1.54, 1.807) is 11.3 Å². The van der Waals surface area contributed by atoms with Crippen LogP contribution in [0.3, 0.4) is 0 Å². The van der Waals surface area contributed by atoms with Crippen molar-refractivity contribution < 1.29 is 18.7 Å². The Kier molecular flexibility index (Phi) is 7.06. The van der Waals surface area contributed by atoms with Crippen LogP contribution in [0.2, 0.25) is 0 Å². The van der Waals surface area contributed by atoms with Crippen LogP contribution >= 0.6 is 11.3 Å². The molecule has 0 unspecified atom stereocenters. The fourth-order valence-corrected chi connectivity index (χ4v) is 7.80. The van der Waals surface area contributed by atoms with E-state index in [2.05, 4.69) is 20.9 Å². The van der Waals surface area contributed by atoms with Crippen LogP contribution in [0.4, 0.5) is 15.0 Å². The van der Waals surface area contributed by atoms with Crippen molar-refractivity contribution in [2.45, 2.75) is 51.8 Å². The zero-order valence-electron chi connectivity index (χ0n) is 24.4. The molecule has 1 N–H and O–H groups in total. The van der Waals surface area contributed by atoms with Gasteiger partial charge in [-0.3, -0.25) is 4.90 Å². The number of rotatable bonds is 4. The van der Waals surface area contributed by atoms with Crippen LogP contribution in [-0.4, -0.2) is 88.4 Å². The first-order valence-electron chi connectivity index (χ1n) is 14.8. The van der Waals surface area contributed by atoms with Crippen molar-refractivity contribution in [3.8, 4) is 11.4 Å². The number of piperidine rings is 1. The summed E-state index contributed by atoms with van der Waals surface area (Å²) in [5, 5.41) is 0.902. The third kappa shape index (κ3) is 5.33. The van der Waals surface area contributed by atoms with Gasteiger partial charge in [-0.1, -0.05) is 0 Å². The Labute approximate surface area is 248 Å². The number of anilines is 1. The van der Waals surface area contributed by atoms with Crippen LogP contribution in [0.15, 0.2) is 30.5 Å². The average molecular weight is 593 g/mol. The van der Waals surface area contributed by atoms with Crippen LogP contribution in [0, 0.1) is 11.7 Å². The Morgan fingerprint density at radius 2 is 1.98 bits per heavy atom. The van der Waals surface area contributed by atoms with E-state index in [0.29, 0.717) is 30.5 Å². The number of H-pyrrole nitrogens is 1. The third-order valence-electron chi connectivity index (χ3n) is 8.52. The molecule has 3 aliphatic rings. The standard InChI is InChI=1S/C31H37FN6O3S/c1-31(2,3)41-30(39)38-9-5-19-17-36(8-6-26(19)38)18-21-16-25-27(42-21)29(37-10-12-40-13-11-37)35-28(34-25)23-14-20(32)15-24-22(23)4-7-33-24/h4,7,14-16,19,26,33H,5-6,8-13,17-18H2,1-3H3/t19-,26+/m1/s1. The molecule has 9 nitrogen and oxygen atoms in total. The number of hydrogen-bond acceptors (Lipinski definition) is 8. The van der Waals surface area contributed by atoms with Crippen molar-refractivity contribution in [3.63, 3.8) is 0 Å². The molecule has 3 aliphatic heterocycles. The van der Waals surface area contributed by atoms with E-state index in [9.17, 15) is 9.18 Å². The number of likely N-dealkylation sites (tertiary alicyclic amines) is 2. The van der Waals surface area contributed by atoms with Gasteiger partial charge in [0.25, 0.3) is 0 Å². The Bertz CT molecular complexity index is 1620. The van der Waals surface area contributed by atoms with Gasteiger partial charge in [0.2, 0.25) is 0 Å². The maximum atomic E-state index is 14.6. The van der Waals surface area contributed by atoms with Gasteiger partial charge < -0.3 is 24.3 Å². The minimum absolute atomic E-state index is 0.187. The second-order valence-corrected chi connectivity index (χ2v) is 13.7. The van der Waals surface area contributed by atoms with Gasteiger partial charge in [0, 0.05) is 72.9 Å². The number of morpholine rings is 1.